The van der Waals surface area contributed by atoms with Crippen LogP contribution in [0.15, 0.2) is 57.6 Å². The SMILES string of the molecule is O=C(c1ccco1)N1CCCC(c2nnc(COc3ccccc3)o2)C1. The number of furan rings is 1. The van der Waals surface area contributed by atoms with Crippen LogP contribution in [0.2, 0.25) is 0 Å². The van der Waals surface area contributed by atoms with Crippen LogP contribution < -0.4 is 4.74 Å². The molecule has 0 saturated carbocycles. The number of hydrogen-bond donors (Lipinski definition) is 0. The summed E-state index contributed by atoms with van der Waals surface area (Å²) in [6.45, 7) is 1.47. The number of rotatable bonds is 5. The van der Waals surface area contributed by atoms with Gasteiger partial charge in [-0.25, -0.2) is 0 Å². The second kappa shape index (κ2) is 7.43. The first-order chi connectivity index (χ1) is 12.8. The van der Waals surface area contributed by atoms with E-state index in [2.05, 4.69) is 10.2 Å². The van der Waals surface area contributed by atoms with Crippen molar-refractivity contribution < 1.29 is 18.4 Å². The minimum Gasteiger partial charge on any atom is -0.484 e. The van der Waals surface area contributed by atoms with Crippen molar-refractivity contribution in [1.82, 2.24) is 15.1 Å². The lowest BCUT2D eigenvalue weighted by Gasteiger charge is -2.30. The van der Waals surface area contributed by atoms with Gasteiger partial charge in [-0.1, -0.05) is 18.2 Å². The van der Waals surface area contributed by atoms with Crippen molar-refractivity contribution in [3.05, 3.63) is 66.3 Å². The van der Waals surface area contributed by atoms with Gasteiger partial charge in [0.1, 0.15) is 5.75 Å². The number of ether oxygens (including phenoxy) is 1. The fourth-order valence-corrected chi connectivity index (χ4v) is 3.07. The molecule has 1 aromatic carbocycles. The molecule has 0 bridgehead atoms. The maximum atomic E-state index is 12.4. The van der Waals surface area contributed by atoms with Crippen LogP contribution in [0.5, 0.6) is 5.75 Å². The van der Waals surface area contributed by atoms with E-state index in [1.807, 2.05) is 30.3 Å². The van der Waals surface area contributed by atoms with E-state index in [0.29, 0.717) is 30.6 Å². The number of nitrogens with zero attached hydrogens (tertiary/aromatic N) is 3. The van der Waals surface area contributed by atoms with E-state index in [1.54, 1.807) is 17.0 Å². The van der Waals surface area contributed by atoms with Crippen molar-refractivity contribution in [2.45, 2.75) is 25.4 Å². The van der Waals surface area contributed by atoms with E-state index < -0.39 is 0 Å². The number of benzene rings is 1. The summed E-state index contributed by atoms with van der Waals surface area (Å²) in [5, 5.41) is 8.21. The molecule has 1 fully saturated rings. The van der Waals surface area contributed by atoms with Gasteiger partial charge in [-0.2, -0.15) is 0 Å². The second-order valence-corrected chi connectivity index (χ2v) is 6.20. The van der Waals surface area contributed by atoms with E-state index in [0.717, 1.165) is 18.6 Å². The van der Waals surface area contributed by atoms with Crippen LogP contribution in [-0.4, -0.2) is 34.1 Å². The van der Waals surface area contributed by atoms with Gasteiger partial charge in [-0.3, -0.25) is 4.79 Å². The number of piperidine rings is 1. The lowest BCUT2D eigenvalue weighted by atomic mass is 9.98. The largest absolute Gasteiger partial charge is 0.484 e. The minimum atomic E-state index is -0.105. The van der Waals surface area contributed by atoms with Gasteiger partial charge in [-0.05, 0) is 37.1 Å². The molecule has 1 aliphatic heterocycles. The summed E-state index contributed by atoms with van der Waals surface area (Å²) in [5.74, 6) is 2.01. The average Bonchev–Trinajstić information content (AvgIpc) is 3.39. The fourth-order valence-electron chi connectivity index (χ4n) is 3.07. The van der Waals surface area contributed by atoms with Crippen molar-refractivity contribution in [3.63, 3.8) is 0 Å². The van der Waals surface area contributed by atoms with E-state index in [1.165, 1.54) is 6.26 Å². The van der Waals surface area contributed by atoms with Crippen molar-refractivity contribution in [2.24, 2.45) is 0 Å². The first kappa shape index (κ1) is 16.4. The molecule has 1 atom stereocenters. The molecule has 0 N–H and O–H groups in total. The predicted molar refractivity (Wildman–Crippen MR) is 91.7 cm³/mol. The quantitative estimate of drug-likeness (QED) is 0.700. The van der Waals surface area contributed by atoms with Crippen LogP contribution in [-0.2, 0) is 6.61 Å². The fraction of sp³-hybridized carbons (Fsp3) is 0.316. The zero-order chi connectivity index (χ0) is 17.8. The smallest absolute Gasteiger partial charge is 0.289 e. The highest BCUT2D eigenvalue weighted by molar-refractivity contribution is 5.91. The zero-order valence-corrected chi connectivity index (χ0v) is 14.2. The Bertz CT molecular complexity index is 845. The summed E-state index contributed by atoms with van der Waals surface area (Å²) in [7, 11) is 0. The first-order valence-electron chi connectivity index (χ1n) is 8.62. The molecule has 0 aliphatic carbocycles. The van der Waals surface area contributed by atoms with Crippen molar-refractivity contribution >= 4 is 5.91 Å². The van der Waals surface area contributed by atoms with Gasteiger partial charge in [-0.15, -0.1) is 10.2 Å². The third-order valence-electron chi connectivity index (χ3n) is 4.38. The molecule has 26 heavy (non-hydrogen) atoms. The molecule has 1 aliphatic rings. The Hall–Kier alpha value is -3.09. The zero-order valence-electron chi connectivity index (χ0n) is 14.2. The lowest BCUT2D eigenvalue weighted by Crippen LogP contribution is -2.39. The van der Waals surface area contributed by atoms with Gasteiger partial charge in [0.15, 0.2) is 12.4 Å². The van der Waals surface area contributed by atoms with Gasteiger partial charge >= 0.3 is 0 Å². The van der Waals surface area contributed by atoms with Crippen molar-refractivity contribution in [3.8, 4) is 5.75 Å². The first-order valence-corrected chi connectivity index (χ1v) is 8.62. The molecule has 0 spiro atoms. The molecule has 7 heteroatoms. The Kier molecular flexibility index (Phi) is 4.68. The third kappa shape index (κ3) is 3.61. The Labute approximate surface area is 150 Å². The van der Waals surface area contributed by atoms with Gasteiger partial charge < -0.3 is 18.5 Å². The monoisotopic (exact) mass is 353 g/mol. The van der Waals surface area contributed by atoms with Crippen molar-refractivity contribution in [1.29, 1.82) is 0 Å². The second-order valence-electron chi connectivity index (χ2n) is 6.20. The average molecular weight is 353 g/mol. The number of carbonyl (C=O) groups excluding carboxylic acids is 1. The molecule has 134 valence electrons. The van der Waals surface area contributed by atoms with Gasteiger partial charge in [0.25, 0.3) is 11.8 Å². The van der Waals surface area contributed by atoms with Crippen LogP contribution in [0.25, 0.3) is 0 Å². The van der Waals surface area contributed by atoms with E-state index in [-0.39, 0.29) is 18.4 Å². The van der Waals surface area contributed by atoms with Crippen LogP contribution in [0.3, 0.4) is 0 Å². The Morgan fingerprint density at radius 2 is 2.08 bits per heavy atom. The van der Waals surface area contributed by atoms with Gasteiger partial charge in [0.05, 0.1) is 12.2 Å². The number of carbonyl (C=O) groups is 1. The number of aromatic nitrogens is 2. The number of para-hydroxylation sites is 1. The molecular formula is C19H19N3O4. The highest BCUT2D eigenvalue weighted by Gasteiger charge is 2.29. The highest BCUT2D eigenvalue weighted by atomic mass is 16.5. The topological polar surface area (TPSA) is 81.6 Å². The maximum absolute atomic E-state index is 12.4. The van der Waals surface area contributed by atoms with E-state index >= 15 is 0 Å². The van der Waals surface area contributed by atoms with Gasteiger partial charge in [0.2, 0.25) is 5.89 Å². The molecule has 3 aromatic rings. The van der Waals surface area contributed by atoms with E-state index in [4.69, 9.17) is 13.6 Å². The summed E-state index contributed by atoms with van der Waals surface area (Å²) in [6, 6.07) is 12.9. The normalized spacial score (nSPS) is 17.2. The number of hydrogen-bond acceptors (Lipinski definition) is 6. The van der Waals surface area contributed by atoms with Gasteiger partial charge in [0, 0.05) is 13.1 Å². The summed E-state index contributed by atoms with van der Waals surface area (Å²) < 4.78 is 16.6. The van der Waals surface area contributed by atoms with Crippen LogP contribution >= 0.6 is 0 Å². The third-order valence-corrected chi connectivity index (χ3v) is 4.38. The van der Waals surface area contributed by atoms with Crippen molar-refractivity contribution in [2.75, 3.05) is 13.1 Å². The maximum Gasteiger partial charge on any atom is 0.289 e. The lowest BCUT2D eigenvalue weighted by molar-refractivity contribution is 0.0665. The summed E-state index contributed by atoms with van der Waals surface area (Å²) in [5.41, 5.74) is 0. The summed E-state index contributed by atoms with van der Waals surface area (Å²) in [6.07, 6.45) is 3.30. The molecule has 1 saturated heterocycles. The Morgan fingerprint density at radius 1 is 1.19 bits per heavy atom. The standard InChI is InChI=1S/C19H19N3O4/c23-19(16-9-5-11-24-16)22-10-4-6-14(12-22)18-21-20-17(26-18)13-25-15-7-2-1-3-8-15/h1-3,5,7-9,11,14H,4,6,10,12-13H2. The molecule has 3 heterocycles. The summed E-state index contributed by atoms with van der Waals surface area (Å²) >= 11 is 0. The van der Waals surface area contributed by atoms with E-state index in [9.17, 15) is 4.79 Å². The van der Waals surface area contributed by atoms with Crippen LogP contribution in [0.1, 0.15) is 41.1 Å². The molecule has 2 aromatic heterocycles. The Balaban J connectivity index is 1.38. The molecule has 1 unspecified atom stereocenters. The summed E-state index contributed by atoms with van der Waals surface area (Å²) in [4.78, 5) is 14.2. The molecule has 0 radical (unpaired) electrons. The number of likely N-dealkylation sites (tertiary alicyclic amines) is 1. The number of amides is 1. The molecule has 4 rings (SSSR count). The Morgan fingerprint density at radius 3 is 2.88 bits per heavy atom. The predicted octanol–water partition coefficient (Wildman–Crippen LogP) is 3.26. The molecule has 1 amide bonds. The minimum absolute atomic E-state index is 0.0284. The highest BCUT2D eigenvalue weighted by Crippen LogP contribution is 2.27. The van der Waals surface area contributed by atoms with Crippen LogP contribution in [0, 0.1) is 0 Å². The molecule has 7 nitrogen and oxygen atoms in total. The molecular weight excluding hydrogens is 334 g/mol. The van der Waals surface area contributed by atoms with Crippen LogP contribution in [0.4, 0.5) is 0 Å².